The highest BCUT2D eigenvalue weighted by atomic mass is 16.6. The van der Waals surface area contributed by atoms with Gasteiger partial charge >= 0.3 is 6.09 Å². The van der Waals surface area contributed by atoms with E-state index >= 15 is 0 Å². The predicted octanol–water partition coefficient (Wildman–Crippen LogP) is 0.880. The Kier molecular flexibility index (Phi) is 3.20. The molecule has 1 aliphatic heterocycles. The van der Waals surface area contributed by atoms with Crippen molar-refractivity contribution < 1.29 is 14.6 Å². The highest BCUT2D eigenvalue weighted by Gasteiger charge is 2.39. The fraction of sp³-hybridized carbons (Fsp3) is 0.800. The van der Waals surface area contributed by atoms with Crippen LogP contribution in [0.3, 0.4) is 0 Å². The third kappa shape index (κ3) is 2.83. The Labute approximate surface area is 89.2 Å². The SMILES string of the molecule is CC(C)(C)OC(=O)N1CCC1C(O)C#N. The van der Waals surface area contributed by atoms with Gasteiger partial charge in [-0.1, -0.05) is 0 Å². The van der Waals surface area contributed by atoms with Gasteiger partial charge in [-0.2, -0.15) is 5.26 Å². The Morgan fingerprint density at radius 3 is 2.60 bits per heavy atom. The number of nitrogens with zero attached hydrogens (tertiary/aromatic N) is 2. The molecular weight excluding hydrogens is 196 g/mol. The van der Waals surface area contributed by atoms with Crippen molar-refractivity contribution in [3.8, 4) is 6.07 Å². The molecule has 0 aromatic heterocycles. The van der Waals surface area contributed by atoms with Gasteiger partial charge < -0.3 is 14.7 Å². The Hall–Kier alpha value is -1.28. The molecule has 1 aliphatic rings. The van der Waals surface area contributed by atoms with Gasteiger partial charge in [-0.15, -0.1) is 0 Å². The minimum absolute atomic E-state index is 0.412. The summed E-state index contributed by atoms with van der Waals surface area (Å²) in [4.78, 5) is 12.9. The van der Waals surface area contributed by atoms with Crippen LogP contribution in [-0.4, -0.2) is 40.4 Å². The van der Waals surface area contributed by atoms with E-state index in [1.165, 1.54) is 4.90 Å². The molecule has 1 saturated heterocycles. The van der Waals surface area contributed by atoms with Crippen LogP contribution in [0.15, 0.2) is 0 Å². The molecule has 0 bridgehead atoms. The number of rotatable bonds is 1. The average molecular weight is 212 g/mol. The molecule has 1 N–H and O–H groups in total. The molecule has 5 heteroatoms. The van der Waals surface area contributed by atoms with Crippen molar-refractivity contribution in [3.05, 3.63) is 0 Å². The fourth-order valence-corrected chi connectivity index (χ4v) is 1.37. The zero-order valence-corrected chi connectivity index (χ0v) is 9.23. The number of nitriles is 1. The smallest absolute Gasteiger partial charge is 0.410 e. The number of carbonyl (C=O) groups excluding carboxylic acids is 1. The molecule has 0 aromatic rings. The summed E-state index contributed by atoms with van der Waals surface area (Å²) in [5.41, 5.74) is -0.547. The first kappa shape index (κ1) is 11.8. The first-order valence-electron chi connectivity index (χ1n) is 4.92. The summed E-state index contributed by atoms with van der Waals surface area (Å²) in [5, 5.41) is 17.8. The lowest BCUT2D eigenvalue weighted by Crippen LogP contribution is -2.57. The Balaban J connectivity index is 2.52. The Bertz CT molecular complexity index is 290. The van der Waals surface area contributed by atoms with Crippen LogP contribution >= 0.6 is 0 Å². The monoisotopic (exact) mass is 212 g/mol. The number of ether oxygens (including phenoxy) is 1. The van der Waals surface area contributed by atoms with Crippen LogP contribution in [0.2, 0.25) is 0 Å². The summed E-state index contributed by atoms with van der Waals surface area (Å²) in [6.45, 7) is 5.87. The van der Waals surface area contributed by atoms with Crippen LogP contribution in [0.1, 0.15) is 27.2 Å². The van der Waals surface area contributed by atoms with Gasteiger partial charge in [-0.05, 0) is 27.2 Å². The van der Waals surface area contributed by atoms with Gasteiger partial charge in [0.2, 0.25) is 0 Å². The van der Waals surface area contributed by atoms with E-state index in [4.69, 9.17) is 10.00 Å². The van der Waals surface area contributed by atoms with Crippen molar-refractivity contribution >= 4 is 6.09 Å². The molecule has 84 valence electrons. The molecule has 0 saturated carbocycles. The summed E-state index contributed by atoms with van der Waals surface area (Å²) in [6, 6.07) is 1.31. The fourth-order valence-electron chi connectivity index (χ4n) is 1.37. The second-order valence-corrected chi connectivity index (χ2v) is 4.60. The molecule has 0 spiro atoms. The van der Waals surface area contributed by atoms with Crippen LogP contribution in [-0.2, 0) is 4.74 Å². The number of aliphatic hydroxyl groups is 1. The maximum absolute atomic E-state index is 11.6. The number of hydrogen-bond acceptors (Lipinski definition) is 4. The van der Waals surface area contributed by atoms with Gasteiger partial charge in [0.25, 0.3) is 0 Å². The molecule has 1 amide bonds. The molecule has 15 heavy (non-hydrogen) atoms. The molecule has 0 radical (unpaired) electrons. The van der Waals surface area contributed by atoms with Crippen molar-refractivity contribution in [2.45, 2.75) is 44.9 Å². The molecule has 2 atom stereocenters. The van der Waals surface area contributed by atoms with E-state index in [0.717, 1.165) is 0 Å². The molecule has 1 fully saturated rings. The van der Waals surface area contributed by atoms with Gasteiger partial charge in [0, 0.05) is 6.54 Å². The highest BCUT2D eigenvalue weighted by molar-refractivity contribution is 5.69. The molecule has 2 unspecified atom stereocenters. The van der Waals surface area contributed by atoms with E-state index < -0.39 is 23.8 Å². The lowest BCUT2D eigenvalue weighted by Gasteiger charge is -2.41. The normalized spacial score (nSPS) is 22.6. The topological polar surface area (TPSA) is 73.6 Å². The minimum Gasteiger partial charge on any atom is -0.444 e. The summed E-state index contributed by atoms with van der Waals surface area (Å²) >= 11 is 0. The number of carbonyl (C=O) groups is 1. The molecule has 0 aliphatic carbocycles. The quantitative estimate of drug-likeness (QED) is 0.655. The molecule has 1 heterocycles. The van der Waals surface area contributed by atoms with E-state index in [0.29, 0.717) is 13.0 Å². The molecule has 5 nitrogen and oxygen atoms in total. The van der Waals surface area contributed by atoms with Gasteiger partial charge in [-0.25, -0.2) is 4.79 Å². The van der Waals surface area contributed by atoms with Crippen molar-refractivity contribution in [1.29, 1.82) is 5.26 Å². The maximum Gasteiger partial charge on any atom is 0.410 e. The first-order chi connectivity index (χ1) is 6.85. The highest BCUT2D eigenvalue weighted by Crippen LogP contribution is 2.23. The standard InChI is InChI=1S/C10H16N2O3/c1-10(2,3)15-9(14)12-5-4-7(12)8(13)6-11/h7-8,13H,4-5H2,1-3H3. The Morgan fingerprint density at radius 1 is 1.67 bits per heavy atom. The molecular formula is C10H16N2O3. The summed E-state index contributed by atoms with van der Waals surface area (Å²) in [6.07, 6.45) is -0.937. The summed E-state index contributed by atoms with van der Waals surface area (Å²) in [5.74, 6) is 0. The maximum atomic E-state index is 11.6. The minimum atomic E-state index is -1.12. The van der Waals surface area contributed by atoms with E-state index in [9.17, 15) is 9.90 Å². The lowest BCUT2D eigenvalue weighted by molar-refractivity contribution is -0.0280. The molecule has 0 aromatic carbocycles. The zero-order chi connectivity index (χ0) is 11.6. The largest absolute Gasteiger partial charge is 0.444 e. The second kappa shape index (κ2) is 4.07. The summed E-state index contributed by atoms with van der Waals surface area (Å²) < 4.78 is 5.13. The first-order valence-corrected chi connectivity index (χ1v) is 4.92. The van der Waals surface area contributed by atoms with Crippen LogP contribution in [0.25, 0.3) is 0 Å². The zero-order valence-electron chi connectivity index (χ0n) is 9.23. The van der Waals surface area contributed by atoms with Crippen molar-refractivity contribution in [3.63, 3.8) is 0 Å². The van der Waals surface area contributed by atoms with E-state index in [1.54, 1.807) is 26.8 Å². The van der Waals surface area contributed by atoms with Crippen LogP contribution < -0.4 is 0 Å². The number of likely N-dealkylation sites (tertiary alicyclic amines) is 1. The van der Waals surface area contributed by atoms with E-state index in [1.807, 2.05) is 0 Å². The predicted molar refractivity (Wildman–Crippen MR) is 53.0 cm³/mol. The Morgan fingerprint density at radius 2 is 2.27 bits per heavy atom. The van der Waals surface area contributed by atoms with Crippen molar-refractivity contribution in [2.24, 2.45) is 0 Å². The van der Waals surface area contributed by atoms with Crippen LogP contribution in [0.5, 0.6) is 0 Å². The van der Waals surface area contributed by atoms with Gasteiger partial charge in [0.15, 0.2) is 6.10 Å². The third-order valence-electron chi connectivity index (χ3n) is 2.19. The third-order valence-corrected chi connectivity index (χ3v) is 2.19. The van der Waals surface area contributed by atoms with Crippen molar-refractivity contribution in [1.82, 2.24) is 4.90 Å². The summed E-state index contributed by atoms with van der Waals surface area (Å²) in [7, 11) is 0. The van der Waals surface area contributed by atoms with Crippen molar-refractivity contribution in [2.75, 3.05) is 6.54 Å². The van der Waals surface area contributed by atoms with E-state index in [-0.39, 0.29) is 0 Å². The number of aliphatic hydroxyl groups excluding tert-OH is 1. The number of amides is 1. The second-order valence-electron chi connectivity index (χ2n) is 4.60. The van der Waals surface area contributed by atoms with E-state index in [2.05, 4.69) is 0 Å². The lowest BCUT2D eigenvalue weighted by atomic mass is 9.99. The van der Waals surface area contributed by atoms with Gasteiger partial charge in [0.05, 0.1) is 12.1 Å². The average Bonchev–Trinajstić information content (AvgIpc) is 1.97. The van der Waals surface area contributed by atoms with Gasteiger partial charge in [-0.3, -0.25) is 0 Å². The van der Waals surface area contributed by atoms with Gasteiger partial charge in [0.1, 0.15) is 5.60 Å². The van der Waals surface area contributed by atoms with Crippen LogP contribution in [0.4, 0.5) is 4.79 Å². The molecule has 1 rings (SSSR count). The number of hydrogen-bond donors (Lipinski definition) is 1. The van der Waals surface area contributed by atoms with Crippen LogP contribution in [0, 0.1) is 11.3 Å².